The number of nitriles is 1. The SMILES string of the molecule is Cc1ccc(Oc2ccc(Cl)cc2F)c(C#N)c1. The van der Waals surface area contributed by atoms with E-state index in [4.69, 9.17) is 21.6 Å². The fourth-order valence-electron chi connectivity index (χ4n) is 1.50. The van der Waals surface area contributed by atoms with Crippen LogP contribution in [0, 0.1) is 24.1 Å². The van der Waals surface area contributed by atoms with Gasteiger partial charge in [0, 0.05) is 5.02 Å². The summed E-state index contributed by atoms with van der Waals surface area (Å²) in [4.78, 5) is 0. The second kappa shape index (κ2) is 5.07. The predicted octanol–water partition coefficient (Wildman–Crippen LogP) is 4.45. The van der Waals surface area contributed by atoms with E-state index in [1.165, 1.54) is 12.1 Å². The van der Waals surface area contributed by atoms with E-state index < -0.39 is 5.82 Å². The standard InChI is InChI=1S/C14H9ClFNO/c1-9-2-4-13(10(6-9)8-17)18-14-5-3-11(15)7-12(14)16/h2-7H,1H3. The maximum Gasteiger partial charge on any atom is 0.167 e. The first kappa shape index (κ1) is 12.4. The Hall–Kier alpha value is -2.05. The van der Waals surface area contributed by atoms with Crippen LogP contribution < -0.4 is 4.74 Å². The van der Waals surface area contributed by atoms with Gasteiger partial charge in [-0.15, -0.1) is 0 Å². The Kier molecular flexibility index (Phi) is 3.50. The molecule has 0 aliphatic rings. The van der Waals surface area contributed by atoms with Crippen LogP contribution in [0.25, 0.3) is 0 Å². The summed E-state index contributed by atoms with van der Waals surface area (Å²) in [6.45, 7) is 1.87. The van der Waals surface area contributed by atoms with E-state index in [0.29, 0.717) is 16.3 Å². The molecule has 0 unspecified atom stereocenters. The van der Waals surface area contributed by atoms with Crippen molar-refractivity contribution in [2.24, 2.45) is 0 Å². The topological polar surface area (TPSA) is 33.0 Å². The van der Waals surface area contributed by atoms with E-state index in [1.807, 2.05) is 13.0 Å². The third-order valence-corrected chi connectivity index (χ3v) is 2.60. The zero-order valence-corrected chi connectivity index (χ0v) is 10.3. The Balaban J connectivity index is 2.37. The van der Waals surface area contributed by atoms with Gasteiger partial charge in [-0.2, -0.15) is 5.26 Å². The summed E-state index contributed by atoms with van der Waals surface area (Å²) in [5, 5.41) is 9.29. The summed E-state index contributed by atoms with van der Waals surface area (Å²) in [5.74, 6) is -0.198. The van der Waals surface area contributed by atoms with Crippen molar-refractivity contribution >= 4 is 11.6 Å². The molecule has 0 aliphatic heterocycles. The maximum atomic E-state index is 13.6. The molecule has 0 atom stereocenters. The number of hydrogen-bond donors (Lipinski definition) is 0. The van der Waals surface area contributed by atoms with E-state index in [-0.39, 0.29) is 5.75 Å². The van der Waals surface area contributed by atoms with E-state index >= 15 is 0 Å². The average molecular weight is 262 g/mol. The van der Waals surface area contributed by atoms with Crippen LogP contribution in [0.3, 0.4) is 0 Å². The molecule has 0 radical (unpaired) electrons. The molecule has 2 aromatic rings. The molecule has 4 heteroatoms. The van der Waals surface area contributed by atoms with Gasteiger partial charge >= 0.3 is 0 Å². The van der Waals surface area contributed by atoms with Gasteiger partial charge in [0.2, 0.25) is 0 Å². The van der Waals surface area contributed by atoms with Crippen molar-refractivity contribution in [1.82, 2.24) is 0 Å². The van der Waals surface area contributed by atoms with Crippen molar-refractivity contribution in [3.8, 4) is 17.6 Å². The van der Waals surface area contributed by atoms with Gasteiger partial charge in [-0.3, -0.25) is 0 Å². The minimum atomic E-state index is -0.563. The van der Waals surface area contributed by atoms with Gasteiger partial charge in [-0.25, -0.2) is 4.39 Å². The fourth-order valence-corrected chi connectivity index (χ4v) is 1.66. The lowest BCUT2D eigenvalue weighted by atomic mass is 10.1. The lowest BCUT2D eigenvalue weighted by molar-refractivity contribution is 0.441. The quantitative estimate of drug-likeness (QED) is 0.800. The third kappa shape index (κ3) is 2.61. The monoisotopic (exact) mass is 261 g/mol. The summed E-state index contributed by atoms with van der Waals surface area (Å²) < 4.78 is 18.9. The van der Waals surface area contributed by atoms with Crippen LogP contribution in [-0.2, 0) is 0 Å². The lowest BCUT2D eigenvalue weighted by Gasteiger charge is -2.08. The molecule has 0 amide bonds. The molecule has 18 heavy (non-hydrogen) atoms. The second-order valence-corrected chi connectivity index (χ2v) is 4.22. The summed E-state index contributed by atoms with van der Waals surface area (Å²) in [7, 11) is 0. The zero-order valence-electron chi connectivity index (χ0n) is 9.58. The van der Waals surface area contributed by atoms with E-state index in [9.17, 15) is 4.39 Å². The van der Waals surface area contributed by atoms with Gasteiger partial charge in [0.1, 0.15) is 11.8 Å². The largest absolute Gasteiger partial charge is 0.453 e. The van der Waals surface area contributed by atoms with Crippen LogP contribution in [0.2, 0.25) is 5.02 Å². The van der Waals surface area contributed by atoms with Crippen LogP contribution >= 0.6 is 11.6 Å². The molecule has 2 nitrogen and oxygen atoms in total. The molecule has 0 bridgehead atoms. The molecular weight excluding hydrogens is 253 g/mol. The Morgan fingerprint density at radius 2 is 1.89 bits per heavy atom. The molecule has 90 valence electrons. The fraction of sp³-hybridized carbons (Fsp3) is 0.0714. The number of nitrogens with zero attached hydrogens (tertiary/aromatic N) is 1. The smallest absolute Gasteiger partial charge is 0.167 e. The Bertz CT molecular complexity index is 634. The molecule has 0 N–H and O–H groups in total. The first-order valence-corrected chi connectivity index (χ1v) is 5.61. The first-order chi connectivity index (χ1) is 8.60. The maximum absolute atomic E-state index is 13.6. The normalized spacial score (nSPS) is 9.89. The molecule has 0 aliphatic carbocycles. The average Bonchev–Trinajstić information content (AvgIpc) is 2.34. The van der Waals surface area contributed by atoms with Crippen molar-refractivity contribution in [2.75, 3.05) is 0 Å². The minimum absolute atomic E-state index is 0.0414. The highest BCUT2D eigenvalue weighted by Gasteiger charge is 2.09. The molecule has 0 saturated carbocycles. The molecule has 0 saturated heterocycles. The molecule has 0 fully saturated rings. The van der Waals surface area contributed by atoms with Crippen molar-refractivity contribution in [1.29, 1.82) is 5.26 Å². The van der Waals surface area contributed by atoms with Crippen LogP contribution in [0.15, 0.2) is 36.4 Å². The Morgan fingerprint density at radius 1 is 1.17 bits per heavy atom. The van der Waals surface area contributed by atoms with Gasteiger partial charge in [-0.05, 0) is 42.8 Å². The van der Waals surface area contributed by atoms with Gasteiger partial charge in [0.05, 0.1) is 5.56 Å². The number of aryl methyl sites for hydroxylation is 1. The predicted molar refractivity (Wildman–Crippen MR) is 67.4 cm³/mol. The Labute approximate surface area is 109 Å². The molecule has 0 heterocycles. The van der Waals surface area contributed by atoms with Crippen molar-refractivity contribution in [3.05, 3.63) is 58.4 Å². The molecule has 2 rings (SSSR count). The molecule has 0 spiro atoms. The van der Waals surface area contributed by atoms with Gasteiger partial charge in [-0.1, -0.05) is 17.7 Å². The number of rotatable bonds is 2. The number of halogens is 2. The van der Waals surface area contributed by atoms with Crippen LogP contribution in [0.4, 0.5) is 4.39 Å². The van der Waals surface area contributed by atoms with Crippen molar-refractivity contribution < 1.29 is 9.13 Å². The van der Waals surface area contributed by atoms with Crippen LogP contribution in [-0.4, -0.2) is 0 Å². The van der Waals surface area contributed by atoms with Gasteiger partial charge < -0.3 is 4.74 Å². The molecule has 2 aromatic carbocycles. The number of ether oxygens (including phenoxy) is 1. The minimum Gasteiger partial charge on any atom is -0.453 e. The van der Waals surface area contributed by atoms with Gasteiger partial charge in [0.25, 0.3) is 0 Å². The second-order valence-electron chi connectivity index (χ2n) is 3.79. The lowest BCUT2D eigenvalue weighted by Crippen LogP contribution is -1.91. The van der Waals surface area contributed by atoms with Crippen molar-refractivity contribution in [2.45, 2.75) is 6.92 Å². The van der Waals surface area contributed by atoms with E-state index in [2.05, 4.69) is 0 Å². The number of benzene rings is 2. The van der Waals surface area contributed by atoms with Gasteiger partial charge in [0.15, 0.2) is 11.6 Å². The van der Waals surface area contributed by atoms with E-state index in [0.717, 1.165) is 11.6 Å². The summed E-state index contributed by atoms with van der Waals surface area (Å²) in [6.07, 6.45) is 0. The number of hydrogen-bond acceptors (Lipinski definition) is 2. The highest BCUT2D eigenvalue weighted by Crippen LogP contribution is 2.29. The highest BCUT2D eigenvalue weighted by atomic mass is 35.5. The third-order valence-electron chi connectivity index (χ3n) is 2.37. The summed E-state index contributed by atoms with van der Waals surface area (Å²) in [6, 6.07) is 11.3. The molecular formula is C14H9ClFNO. The summed E-state index contributed by atoms with van der Waals surface area (Å²) >= 11 is 5.65. The van der Waals surface area contributed by atoms with Crippen molar-refractivity contribution in [3.63, 3.8) is 0 Å². The van der Waals surface area contributed by atoms with E-state index in [1.54, 1.807) is 18.2 Å². The molecule has 0 aromatic heterocycles. The summed E-state index contributed by atoms with van der Waals surface area (Å²) in [5.41, 5.74) is 1.31. The highest BCUT2D eigenvalue weighted by molar-refractivity contribution is 6.30. The Morgan fingerprint density at radius 3 is 2.56 bits per heavy atom. The van der Waals surface area contributed by atoms with Crippen LogP contribution in [0.1, 0.15) is 11.1 Å². The van der Waals surface area contributed by atoms with Crippen LogP contribution in [0.5, 0.6) is 11.5 Å². The first-order valence-electron chi connectivity index (χ1n) is 5.24. The zero-order chi connectivity index (χ0) is 13.1.